The first kappa shape index (κ1) is 21.4. The molecule has 2 N–H and O–H groups in total. The van der Waals surface area contributed by atoms with Crippen LogP contribution in [0.3, 0.4) is 0 Å². The topological polar surface area (TPSA) is 84.7 Å². The minimum Gasteiger partial charge on any atom is -0.328 e. The molecular formula is C24H18BrClN6O. The normalized spacial score (nSPS) is 15.1. The fourth-order valence-electron chi connectivity index (χ4n) is 3.79. The van der Waals surface area contributed by atoms with Gasteiger partial charge in [-0.05, 0) is 48.9 Å². The monoisotopic (exact) mass is 520 g/mol. The van der Waals surface area contributed by atoms with Gasteiger partial charge in [0.2, 0.25) is 5.95 Å². The van der Waals surface area contributed by atoms with Crippen molar-refractivity contribution in [2.75, 3.05) is 10.6 Å². The van der Waals surface area contributed by atoms with Crippen molar-refractivity contribution in [2.45, 2.75) is 13.0 Å². The number of fused-ring (bicyclic) bond motifs is 1. The van der Waals surface area contributed by atoms with Gasteiger partial charge in [0.25, 0.3) is 5.91 Å². The van der Waals surface area contributed by atoms with E-state index in [0.717, 1.165) is 15.6 Å². The van der Waals surface area contributed by atoms with E-state index in [0.29, 0.717) is 33.8 Å². The number of nitrogens with zero attached hydrogens (tertiary/aromatic N) is 4. The summed E-state index contributed by atoms with van der Waals surface area (Å²) in [5, 5.41) is 11.5. The van der Waals surface area contributed by atoms with Crippen LogP contribution in [0.15, 0.2) is 88.8 Å². The van der Waals surface area contributed by atoms with E-state index < -0.39 is 6.04 Å². The maximum Gasteiger partial charge on any atom is 0.255 e. The van der Waals surface area contributed by atoms with Crippen LogP contribution < -0.4 is 10.6 Å². The van der Waals surface area contributed by atoms with Crippen LogP contribution in [-0.4, -0.2) is 25.7 Å². The molecule has 1 aliphatic rings. The molecule has 0 bridgehead atoms. The number of carbonyl (C=O) groups is 1. The number of rotatable bonds is 4. The van der Waals surface area contributed by atoms with Crippen molar-refractivity contribution in [2.24, 2.45) is 0 Å². The zero-order valence-corrected chi connectivity index (χ0v) is 19.8. The van der Waals surface area contributed by atoms with Gasteiger partial charge in [0, 0.05) is 21.9 Å². The number of hydrogen-bond donors (Lipinski definition) is 2. The van der Waals surface area contributed by atoms with E-state index in [9.17, 15) is 4.79 Å². The molecule has 5 rings (SSSR count). The molecule has 0 fully saturated rings. The van der Waals surface area contributed by atoms with E-state index in [1.165, 1.54) is 0 Å². The molecule has 0 spiro atoms. The second-order valence-electron chi connectivity index (χ2n) is 7.50. The third kappa shape index (κ3) is 4.15. The highest BCUT2D eigenvalue weighted by atomic mass is 79.9. The molecule has 33 heavy (non-hydrogen) atoms. The number of amides is 1. The largest absolute Gasteiger partial charge is 0.328 e. The Labute approximate surface area is 203 Å². The molecule has 164 valence electrons. The number of nitrogens with one attached hydrogen (secondary N) is 2. The number of anilines is 2. The molecule has 0 saturated heterocycles. The van der Waals surface area contributed by atoms with Crippen molar-refractivity contribution in [1.29, 1.82) is 0 Å². The van der Waals surface area contributed by atoms with Crippen LogP contribution in [0.25, 0.3) is 11.4 Å². The van der Waals surface area contributed by atoms with Crippen LogP contribution in [0.2, 0.25) is 5.02 Å². The Morgan fingerprint density at radius 1 is 1.12 bits per heavy atom. The fourth-order valence-corrected chi connectivity index (χ4v) is 4.27. The fraction of sp³-hybridized carbons (Fsp3) is 0.0833. The second-order valence-corrected chi connectivity index (χ2v) is 8.82. The summed E-state index contributed by atoms with van der Waals surface area (Å²) in [5.41, 5.74) is 3.45. The molecule has 9 heteroatoms. The summed E-state index contributed by atoms with van der Waals surface area (Å²) in [4.78, 5) is 22.2. The van der Waals surface area contributed by atoms with Crippen LogP contribution in [0.4, 0.5) is 11.6 Å². The summed E-state index contributed by atoms with van der Waals surface area (Å²) in [6.45, 7) is 1.86. The molecule has 1 amide bonds. The molecule has 3 heterocycles. The Hall–Kier alpha value is -3.49. The van der Waals surface area contributed by atoms with Crippen LogP contribution in [-0.2, 0) is 4.79 Å². The average Bonchev–Trinajstić information content (AvgIpc) is 3.23. The van der Waals surface area contributed by atoms with Crippen molar-refractivity contribution in [3.63, 3.8) is 0 Å². The van der Waals surface area contributed by atoms with Crippen LogP contribution in [0.5, 0.6) is 0 Å². The second kappa shape index (κ2) is 8.80. The van der Waals surface area contributed by atoms with Crippen molar-refractivity contribution in [3.8, 4) is 11.4 Å². The molecule has 0 aliphatic carbocycles. The lowest BCUT2D eigenvalue weighted by Crippen LogP contribution is -2.31. The summed E-state index contributed by atoms with van der Waals surface area (Å²) in [6, 6.07) is 18.3. The van der Waals surface area contributed by atoms with E-state index in [2.05, 4.69) is 36.5 Å². The van der Waals surface area contributed by atoms with Gasteiger partial charge in [-0.2, -0.15) is 4.98 Å². The Morgan fingerprint density at radius 2 is 1.91 bits per heavy atom. The Balaban J connectivity index is 1.62. The predicted molar refractivity (Wildman–Crippen MR) is 132 cm³/mol. The van der Waals surface area contributed by atoms with E-state index in [-0.39, 0.29) is 5.91 Å². The maximum atomic E-state index is 13.4. The molecule has 7 nitrogen and oxygen atoms in total. The van der Waals surface area contributed by atoms with Crippen LogP contribution in [0, 0.1) is 0 Å². The minimum atomic E-state index is -0.491. The van der Waals surface area contributed by atoms with Gasteiger partial charge in [-0.1, -0.05) is 51.8 Å². The van der Waals surface area contributed by atoms with Crippen molar-refractivity contribution in [1.82, 2.24) is 19.7 Å². The van der Waals surface area contributed by atoms with Gasteiger partial charge >= 0.3 is 0 Å². The molecule has 1 atom stereocenters. The zero-order chi connectivity index (χ0) is 22.9. The average molecular weight is 522 g/mol. The highest BCUT2D eigenvalue weighted by Gasteiger charge is 2.34. The van der Waals surface area contributed by atoms with Crippen molar-refractivity contribution >= 4 is 45.1 Å². The molecule has 0 saturated carbocycles. The highest BCUT2D eigenvalue weighted by molar-refractivity contribution is 9.10. The van der Waals surface area contributed by atoms with Gasteiger partial charge in [0.15, 0.2) is 5.82 Å². The predicted octanol–water partition coefficient (Wildman–Crippen LogP) is 5.68. The Kier molecular flexibility index (Phi) is 5.70. The maximum absolute atomic E-state index is 13.4. The summed E-state index contributed by atoms with van der Waals surface area (Å²) in [6.07, 6.45) is 3.26. The minimum absolute atomic E-state index is 0.249. The third-order valence-corrected chi connectivity index (χ3v) is 6.18. The molecule has 2 aromatic carbocycles. The molecular weight excluding hydrogens is 504 g/mol. The molecule has 0 radical (unpaired) electrons. The van der Waals surface area contributed by atoms with Crippen molar-refractivity contribution in [3.05, 3.63) is 99.4 Å². The van der Waals surface area contributed by atoms with Crippen molar-refractivity contribution < 1.29 is 4.79 Å². The number of pyridine rings is 1. The van der Waals surface area contributed by atoms with E-state index in [1.54, 1.807) is 35.3 Å². The third-order valence-electron chi connectivity index (χ3n) is 5.32. The van der Waals surface area contributed by atoms with Gasteiger partial charge in [-0.25, -0.2) is 4.68 Å². The quantitative estimate of drug-likeness (QED) is 0.361. The Bertz CT molecular complexity index is 1370. The van der Waals surface area contributed by atoms with Gasteiger partial charge in [-0.3, -0.25) is 9.78 Å². The lowest BCUT2D eigenvalue weighted by atomic mass is 9.95. The Morgan fingerprint density at radius 3 is 2.64 bits per heavy atom. The number of benzene rings is 2. The van der Waals surface area contributed by atoms with E-state index >= 15 is 0 Å². The smallest absolute Gasteiger partial charge is 0.255 e. The number of hydrogen-bond acceptors (Lipinski definition) is 5. The zero-order valence-electron chi connectivity index (χ0n) is 17.5. The molecule has 1 aliphatic heterocycles. The number of allylic oxidation sites excluding steroid dienone is 1. The molecule has 4 aromatic rings. The van der Waals surface area contributed by atoms with Gasteiger partial charge in [0.05, 0.1) is 22.5 Å². The first-order valence-electron chi connectivity index (χ1n) is 10.2. The molecule has 1 unspecified atom stereocenters. The first-order valence-corrected chi connectivity index (χ1v) is 11.3. The van der Waals surface area contributed by atoms with Gasteiger partial charge < -0.3 is 10.6 Å². The summed E-state index contributed by atoms with van der Waals surface area (Å²) in [5.74, 6) is 0.765. The number of aromatic nitrogens is 4. The van der Waals surface area contributed by atoms with Gasteiger partial charge in [-0.15, -0.1) is 5.10 Å². The highest BCUT2D eigenvalue weighted by Crippen LogP contribution is 2.38. The van der Waals surface area contributed by atoms with E-state index in [1.807, 2.05) is 49.4 Å². The SMILES string of the molecule is CC1=C(C(=O)Nc2cccnc2)C(c2ccc(Br)cc2)n2nc(-c3ccccc3Cl)nc2N1. The molecule has 2 aromatic heterocycles. The summed E-state index contributed by atoms with van der Waals surface area (Å²) < 4.78 is 2.67. The lowest BCUT2D eigenvalue weighted by molar-refractivity contribution is -0.113. The summed E-state index contributed by atoms with van der Waals surface area (Å²) in [7, 11) is 0. The standard InChI is InChI=1S/C24H18BrClN6O/c1-14-20(23(33)29-17-5-4-12-27-13-17)21(15-8-10-16(25)11-9-15)32-24(28-14)30-22(31-32)18-6-2-3-7-19(18)26/h2-13,21H,1H3,(H,29,33)(H,28,30,31). The number of carbonyl (C=O) groups excluding carboxylic acids is 1. The van der Waals surface area contributed by atoms with E-state index in [4.69, 9.17) is 16.7 Å². The summed E-state index contributed by atoms with van der Waals surface area (Å²) >= 11 is 9.88. The lowest BCUT2D eigenvalue weighted by Gasteiger charge is -2.28. The van der Waals surface area contributed by atoms with Crippen LogP contribution in [0.1, 0.15) is 18.5 Å². The van der Waals surface area contributed by atoms with Crippen LogP contribution >= 0.6 is 27.5 Å². The first-order chi connectivity index (χ1) is 16.0. The van der Waals surface area contributed by atoms with Gasteiger partial charge in [0.1, 0.15) is 6.04 Å². The number of halogens is 2.